The fourth-order valence-corrected chi connectivity index (χ4v) is 3.81. The van der Waals surface area contributed by atoms with Crippen molar-refractivity contribution in [1.29, 1.82) is 0 Å². The number of benzene rings is 2. The predicted molar refractivity (Wildman–Crippen MR) is 113 cm³/mol. The van der Waals surface area contributed by atoms with Crippen molar-refractivity contribution in [2.24, 2.45) is 0 Å². The van der Waals surface area contributed by atoms with Gasteiger partial charge in [0.25, 0.3) is 11.8 Å². The van der Waals surface area contributed by atoms with Gasteiger partial charge in [-0.15, -0.1) is 0 Å². The highest BCUT2D eigenvalue weighted by Crippen LogP contribution is 2.39. The summed E-state index contributed by atoms with van der Waals surface area (Å²) >= 11 is 12.6. The molecule has 0 atom stereocenters. The second kappa shape index (κ2) is 8.44. The molecule has 2 N–H and O–H groups in total. The zero-order chi connectivity index (χ0) is 22.1. The molecule has 2 heterocycles. The van der Waals surface area contributed by atoms with E-state index in [2.05, 4.69) is 20.0 Å². The number of fused-ring (bicyclic) bond motifs is 1. The van der Waals surface area contributed by atoms with Crippen LogP contribution in [0.1, 0.15) is 33.5 Å². The first kappa shape index (κ1) is 21.0. The van der Waals surface area contributed by atoms with Crippen molar-refractivity contribution in [3.8, 4) is 11.5 Å². The van der Waals surface area contributed by atoms with Crippen molar-refractivity contribution >= 4 is 40.7 Å². The Balaban J connectivity index is 1.54. The monoisotopic (exact) mass is 462 g/mol. The maximum Gasteiger partial charge on any atom is 0.439 e. The topological polar surface area (TPSA) is 118 Å². The van der Waals surface area contributed by atoms with Crippen molar-refractivity contribution in [2.75, 3.05) is 18.4 Å². The number of carbonyl (C=O) groups excluding carboxylic acids is 2. The van der Waals surface area contributed by atoms with Crippen LogP contribution in [-0.2, 0) is 6.42 Å². The molecule has 2 aromatic carbocycles. The van der Waals surface area contributed by atoms with E-state index in [1.54, 1.807) is 23.1 Å². The first-order valence-electron chi connectivity index (χ1n) is 9.32. The second-order valence-corrected chi connectivity index (χ2v) is 7.54. The Bertz CT molecular complexity index is 1210. The molecule has 1 aliphatic rings. The Morgan fingerprint density at radius 3 is 2.65 bits per heavy atom. The summed E-state index contributed by atoms with van der Waals surface area (Å²) in [6.45, 7) is 3.26. The summed E-state index contributed by atoms with van der Waals surface area (Å²) in [5.41, 5.74) is 1.82. The molecule has 0 spiro atoms. The molecule has 0 saturated heterocycles. The highest BCUT2D eigenvalue weighted by Gasteiger charge is 2.24. The SMILES string of the molecule is CCN1CCc2cc(Oc3c(Cl)cc(NC(=O)c4noc(=O)[nH]4)cc3Cl)ccc2C1=O. The van der Waals surface area contributed by atoms with Crippen molar-refractivity contribution in [1.82, 2.24) is 15.0 Å². The third-order valence-electron chi connectivity index (χ3n) is 4.76. The molecule has 0 bridgehead atoms. The number of H-pyrrole nitrogens is 1. The van der Waals surface area contributed by atoms with Gasteiger partial charge in [0.15, 0.2) is 5.75 Å². The van der Waals surface area contributed by atoms with Crippen LogP contribution in [0, 0.1) is 0 Å². The predicted octanol–water partition coefficient (Wildman–Crippen LogP) is 3.73. The normalized spacial score (nSPS) is 13.1. The van der Waals surface area contributed by atoms with Crippen LogP contribution in [0.5, 0.6) is 11.5 Å². The maximum atomic E-state index is 12.4. The average Bonchev–Trinajstić information content (AvgIpc) is 3.17. The molecule has 2 amide bonds. The van der Waals surface area contributed by atoms with E-state index in [0.29, 0.717) is 24.4 Å². The van der Waals surface area contributed by atoms with Gasteiger partial charge in [-0.1, -0.05) is 23.2 Å². The van der Waals surface area contributed by atoms with Crippen LogP contribution in [0.25, 0.3) is 0 Å². The molecule has 11 heteroatoms. The average molecular weight is 463 g/mol. The lowest BCUT2D eigenvalue weighted by molar-refractivity contribution is 0.0749. The van der Waals surface area contributed by atoms with Gasteiger partial charge in [0, 0.05) is 24.3 Å². The molecule has 1 aliphatic heterocycles. The van der Waals surface area contributed by atoms with Crippen LogP contribution in [0.2, 0.25) is 10.0 Å². The Hall–Kier alpha value is -3.30. The van der Waals surface area contributed by atoms with Crippen molar-refractivity contribution in [3.63, 3.8) is 0 Å². The molecule has 0 fully saturated rings. The van der Waals surface area contributed by atoms with E-state index in [1.807, 2.05) is 6.92 Å². The van der Waals surface area contributed by atoms with Crippen LogP contribution in [0.15, 0.2) is 39.6 Å². The molecular weight excluding hydrogens is 447 g/mol. The Labute approximate surface area is 185 Å². The van der Waals surface area contributed by atoms with Gasteiger partial charge < -0.3 is 15.0 Å². The number of halogens is 2. The molecule has 4 rings (SSSR count). The highest BCUT2D eigenvalue weighted by atomic mass is 35.5. The highest BCUT2D eigenvalue weighted by molar-refractivity contribution is 6.37. The van der Waals surface area contributed by atoms with Crippen LogP contribution in [0.3, 0.4) is 0 Å². The van der Waals surface area contributed by atoms with E-state index in [4.69, 9.17) is 27.9 Å². The Morgan fingerprint density at radius 2 is 2.00 bits per heavy atom. The standard InChI is InChI=1S/C20H16Cl2N4O5/c1-2-26-6-5-10-7-12(3-4-13(10)19(26)28)30-16-14(21)8-11(9-15(16)22)23-18(27)17-24-20(29)31-25-17/h3-4,7-9H,2,5-6H2,1H3,(H,23,27)(H,24,25,29). The fraction of sp³-hybridized carbons (Fsp3) is 0.200. The number of aromatic amines is 1. The lowest BCUT2D eigenvalue weighted by Crippen LogP contribution is -2.37. The lowest BCUT2D eigenvalue weighted by Gasteiger charge is -2.27. The third kappa shape index (κ3) is 4.28. The van der Waals surface area contributed by atoms with Crippen molar-refractivity contribution < 1.29 is 18.8 Å². The largest absolute Gasteiger partial charge is 0.454 e. The summed E-state index contributed by atoms with van der Waals surface area (Å²) < 4.78 is 10.2. The molecule has 9 nitrogen and oxygen atoms in total. The second-order valence-electron chi connectivity index (χ2n) is 6.72. The van der Waals surface area contributed by atoms with Gasteiger partial charge in [0.05, 0.1) is 10.0 Å². The van der Waals surface area contributed by atoms with Crippen LogP contribution in [0.4, 0.5) is 5.69 Å². The minimum atomic E-state index is -0.848. The molecule has 0 saturated carbocycles. The summed E-state index contributed by atoms with van der Waals surface area (Å²) in [4.78, 5) is 39.4. The number of aromatic nitrogens is 2. The van der Waals surface area contributed by atoms with Crippen molar-refractivity contribution in [3.05, 3.63) is 67.9 Å². The van der Waals surface area contributed by atoms with Crippen LogP contribution in [-0.4, -0.2) is 39.9 Å². The van der Waals surface area contributed by atoms with Crippen molar-refractivity contribution in [2.45, 2.75) is 13.3 Å². The Kier molecular flexibility index (Phi) is 5.71. The van der Waals surface area contributed by atoms with E-state index >= 15 is 0 Å². The molecular formula is C20H16Cl2N4O5. The molecule has 0 unspecified atom stereocenters. The number of ether oxygens (including phenoxy) is 1. The van der Waals surface area contributed by atoms with Gasteiger partial charge in [-0.05, 0) is 54.4 Å². The summed E-state index contributed by atoms with van der Waals surface area (Å²) in [6.07, 6.45) is 0.725. The summed E-state index contributed by atoms with van der Waals surface area (Å²) in [7, 11) is 0. The van der Waals surface area contributed by atoms with E-state index in [1.165, 1.54) is 12.1 Å². The fourth-order valence-electron chi connectivity index (χ4n) is 3.24. The van der Waals surface area contributed by atoms with Crippen LogP contribution >= 0.6 is 23.2 Å². The number of rotatable bonds is 5. The van der Waals surface area contributed by atoms with E-state index in [-0.39, 0.29) is 33.2 Å². The van der Waals surface area contributed by atoms with Gasteiger partial charge in [-0.3, -0.25) is 19.1 Å². The molecule has 0 radical (unpaired) electrons. The summed E-state index contributed by atoms with van der Waals surface area (Å²) in [6, 6.07) is 8.09. The lowest BCUT2D eigenvalue weighted by atomic mass is 9.99. The minimum absolute atomic E-state index is 0.0000775. The van der Waals surface area contributed by atoms with E-state index in [9.17, 15) is 14.4 Å². The third-order valence-corrected chi connectivity index (χ3v) is 5.32. The van der Waals surface area contributed by atoms with E-state index < -0.39 is 11.7 Å². The number of likely N-dealkylation sites (N-methyl/N-ethyl adjacent to an activating group) is 1. The number of nitrogens with one attached hydrogen (secondary N) is 2. The van der Waals surface area contributed by atoms with Gasteiger partial charge in [-0.25, -0.2) is 4.79 Å². The Morgan fingerprint density at radius 1 is 1.26 bits per heavy atom. The first-order valence-corrected chi connectivity index (χ1v) is 10.1. The number of amides is 2. The zero-order valence-electron chi connectivity index (χ0n) is 16.2. The summed E-state index contributed by atoms with van der Waals surface area (Å²) in [5, 5.41) is 6.12. The maximum absolute atomic E-state index is 12.4. The number of nitrogens with zero attached hydrogens (tertiary/aromatic N) is 2. The molecule has 31 heavy (non-hydrogen) atoms. The zero-order valence-corrected chi connectivity index (χ0v) is 17.7. The number of hydrogen-bond acceptors (Lipinski definition) is 6. The number of carbonyl (C=O) groups is 2. The minimum Gasteiger partial charge on any atom is -0.454 e. The molecule has 160 valence electrons. The van der Waals surface area contributed by atoms with Gasteiger partial charge >= 0.3 is 5.76 Å². The smallest absolute Gasteiger partial charge is 0.439 e. The number of anilines is 1. The number of hydrogen-bond donors (Lipinski definition) is 2. The first-order chi connectivity index (χ1) is 14.9. The summed E-state index contributed by atoms with van der Waals surface area (Å²) in [5.74, 6) is -1.15. The molecule has 3 aromatic rings. The van der Waals surface area contributed by atoms with Gasteiger partial charge in [-0.2, -0.15) is 0 Å². The van der Waals surface area contributed by atoms with Crippen LogP contribution < -0.4 is 15.8 Å². The van der Waals surface area contributed by atoms with Gasteiger partial charge in [0.1, 0.15) is 5.75 Å². The molecule has 1 aromatic heterocycles. The quantitative estimate of drug-likeness (QED) is 0.596. The van der Waals surface area contributed by atoms with E-state index in [0.717, 1.165) is 12.0 Å². The van der Waals surface area contributed by atoms with Gasteiger partial charge in [0.2, 0.25) is 5.82 Å². The molecule has 0 aliphatic carbocycles.